The summed E-state index contributed by atoms with van der Waals surface area (Å²) in [6.45, 7) is 28.0. The molecule has 216 valence electrons. The Morgan fingerprint density at radius 2 is 0.556 bits per heavy atom. The van der Waals surface area contributed by atoms with Gasteiger partial charge in [-0.05, 0) is 49.9 Å². The smallest absolute Gasteiger partial charge is 0.344 e. The maximum absolute atomic E-state index is 6.94. The van der Waals surface area contributed by atoms with Crippen LogP contribution in [0.2, 0.25) is 26.2 Å². The highest BCUT2D eigenvalue weighted by Crippen LogP contribution is 2.32. The van der Waals surface area contributed by atoms with Crippen molar-refractivity contribution < 1.29 is 35.4 Å². The molecule has 0 saturated carbocycles. The lowest BCUT2D eigenvalue weighted by Gasteiger charge is -2.49. The van der Waals surface area contributed by atoms with Crippen LogP contribution in [0.4, 0.5) is 0 Å². The first-order valence-electron chi connectivity index (χ1n) is 13.6. The zero-order chi connectivity index (χ0) is 27.6. The van der Waals surface area contributed by atoms with Crippen molar-refractivity contribution in [1.82, 2.24) is 0 Å². The molecule has 0 atom stereocenters. The normalized spacial score (nSPS) is 32.0. The molecule has 1 heterocycles. The maximum atomic E-state index is 6.94. The van der Waals surface area contributed by atoms with Crippen LogP contribution in [-0.4, -0.2) is 85.6 Å². The van der Waals surface area contributed by atoms with E-state index in [0.29, 0.717) is 75.0 Å². The first-order chi connectivity index (χ1) is 16.5. The lowest BCUT2D eigenvalue weighted by atomic mass is 10.2. The van der Waals surface area contributed by atoms with Crippen LogP contribution in [0.1, 0.15) is 55.4 Å². The highest BCUT2D eigenvalue weighted by molar-refractivity contribution is 6.93. The summed E-state index contributed by atoms with van der Waals surface area (Å²) in [6.07, 6.45) is 1.66. The van der Waals surface area contributed by atoms with Gasteiger partial charge in [-0.1, -0.05) is 55.4 Å². The summed E-state index contributed by atoms with van der Waals surface area (Å²) in [5.74, 6) is 1.70. The average Bonchev–Trinajstić information content (AvgIpc) is 2.64. The van der Waals surface area contributed by atoms with Gasteiger partial charge < -0.3 is 35.4 Å². The van der Waals surface area contributed by atoms with Crippen LogP contribution >= 0.6 is 0 Å². The van der Waals surface area contributed by atoms with Gasteiger partial charge in [-0.15, -0.1) is 0 Å². The number of hydrogen-bond acceptors (Lipinski definition) is 8. The SMILES string of the molecule is CC(C)COC[Si]1(C)O[Si](C)(COCC(C)C)O[Si](C)(COCC(C)C)O[Si](C)(COCC(C)C)O1. The lowest BCUT2D eigenvalue weighted by molar-refractivity contribution is 0.0754. The van der Waals surface area contributed by atoms with Gasteiger partial charge in [-0.2, -0.15) is 0 Å². The van der Waals surface area contributed by atoms with Gasteiger partial charge in [0.15, 0.2) is 0 Å². The van der Waals surface area contributed by atoms with Gasteiger partial charge in [0, 0.05) is 26.4 Å². The van der Waals surface area contributed by atoms with E-state index < -0.39 is 34.2 Å². The molecule has 1 fully saturated rings. The molecule has 12 heteroatoms. The van der Waals surface area contributed by atoms with E-state index in [4.69, 9.17) is 35.4 Å². The van der Waals surface area contributed by atoms with Gasteiger partial charge >= 0.3 is 34.2 Å². The fourth-order valence-corrected chi connectivity index (χ4v) is 24.7. The zero-order valence-corrected chi connectivity index (χ0v) is 29.2. The molecule has 1 rings (SSSR count). The van der Waals surface area contributed by atoms with Crippen LogP contribution in [-0.2, 0) is 35.4 Å². The molecule has 0 amide bonds. The molecule has 0 N–H and O–H groups in total. The summed E-state index contributed by atoms with van der Waals surface area (Å²) in [4.78, 5) is 0. The third kappa shape index (κ3) is 14.1. The van der Waals surface area contributed by atoms with Gasteiger partial charge in [0.05, 0.1) is 24.9 Å². The second-order valence-corrected chi connectivity index (χ2v) is 26.1. The zero-order valence-electron chi connectivity index (χ0n) is 25.2. The summed E-state index contributed by atoms with van der Waals surface area (Å²) in [5.41, 5.74) is 0. The molecule has 0 aromatic rings. The largest absolute Gasteiger partial charge is 0.413 e. The monoisotopic (exact) mass is 584 g/mol. The summed E-state index contributed by atoms with van der Waals surface area (Å²) in [7, 11) is -11.4. The van der Waals surface area contributed by atoms with E-state index in [1.54, 1.807) is 0 Å². The molecule has 1 aliphatic rings. The third-order valence-electron chi connectivity index (χ3n) is 4.99. The van der Waals surface area contributed by atoms with E-state index in [1.165, 1.54) is 0 Å². The van der Waals surface area contributed by atoms with Crippen LogP contribution < -0.4 is 0 Å². The molecule has 0 aromatic carbocycles. The van der Waals surface area contributed by atoms with Gasteiger partial charge in [-0.25, -0.2) is 0 Å². The van der Waals surface area contributed by atoms with Crippen molar-refractivity contribution in [3.05, 3.63) is 0 Å². The van der Waals surface area contributed by atoms with Crippen molar-refractivity contribution in [3.8, 4) is 0 Å². The lowest BCUT2D eigenvalue weighted by Crippen LogP contribution is -2.72. The highest BCUT2D eigenvalue weighted by Gasteiger charge is 2.58. The Bertz CT molecular complexity index is 509. The molecule has 8 nitrogen and oxygen atoms in total. The number of hydrogen-bond donors (Lipinski definition) is 0. The van der Waals surface area contributed by atoms with Crippen molar-refractivity contribution in [3.63, 3.8) is 0 Å². The molecule has 0 aromatic heterocycles. The fourth-order valence-electron chi connectivity index (χ4n) is 4.07. The Balaban J connectivity index is 3.28. The van der Waals surface area contributed by atoms with Crippen molar-refractivity contribution in [2.75, 3.05) is 51.3 Å². The van der Waals surface area contributed by atoms with E-state index in [9.17, 15) is 0 Å². The Labute approximate surface area is 226 Å². The van der Waals surface area contributed by atoms with E-state index >= 15 is 0 Å². The minimum atomic E-state index is -2.85. The first kappa shape index (κ1) is 34.6. The van der Waals surface area contributed by atoms with Crippen molar-refractivity contribution in [2.24, 2.45) is 23.7 Å². The predicted molar refractivity (Wildman–Crippen MR) is 153 cm³/mol. The molecule has 36 heavy (non-hydrogen) atoms. The van der Waals surface area contributed by atoms with Crippen molar-refractivity contribution >= 4 is 34.2 Å². The Kier molecular flexibility index (Phi) is 14.8. The molecule has 0 spiro atoms. The Morgan fingerprint density at radius 3 is 0.694 bits per heavy atom. The summed E-state index contributed by atoms with van der Waals surface area (Å²) < 4.78 is 52.1. The maximum Gasteiger partial charge on any atom is 0.344 e. The van der Waals surface area contributed by atoms with Gasteiger partial charge in [0.25, 0.3) is 0 Å². The molecule has 1 saturated heterocycles. The number of ether oxygens (including phenoxy) is 4. The van der Waals surface area contributed by atoms with Crippen LogP contribution in [0, 0.1) is 23.7 Å². The third-order valence-corrected chi connectivity index (χ3v) is 21.7. The van der Waals surface area contributed by atoms with Gasteiger partial charge in [0.1, 0.15) is 0 Å². The molecule has 0 bridgehead atoms. The standard InChI is InChI=1S/C24H56O8Si4/c1-21(2)13-25-17-33(9)29-34(10,18-26-14-22(3)4)31-36(12,20-28-16-24(7)8)32-35(11,30-33)19-27-15-23(5)6/h21-24H,13-20H2,1-12H3. The fraction of sp³-hybridized carbons (Fsp3) is 1.00. The molecule has 0 aliphatic carbocycles. The van der Waals surface area contributed by atoms with Gasteiger partial charge in [0.2, 0.25) is 0 Å². The average molecular weight is 585 g/mol. The molecule has 0 radical (unpaired) electrons. The second-order valence-electron chi connectivity index (χ2n) is 12.6. The summed E-state index contributed by atoms with van der Waals surface area (Å²) in [5, 5.41) is 0. The van der Waals surface area contributed by atoms with E-state index in [-0.39, 0.29) is 0 Å². The van der Waals surface area contributed by atoms with Crippen LogP contribution in [0.25, 0.3) is 0 Å². The van der Waals surface area contributed by atoms with Crippen LogP contribution in [0.15, 0.2) is 0 Å². The van der Waals surface area contributed by atoms with Gasteiger partial charge in [-0.3, -0.25) is 0 Å². The Morgan fingerprint density at radius 1 is 0.389 bits per heavy atom. The van der Waals surface area contributed by atoms with Crippen molar-refractivity contribution in [1.29, 1.82) is 0 Å². The van der Waals surface area contributed by atoms with Crippen molar-refractivity contribution in [2.45, 2.75) is 81.6 Å². The van der Waals surface area contributed by atoms with E-state index in [0.717, 1.165) is 0 Å². The van der Waals surface area contributed by atoms with E-state index in [2.05, 4.69) is 81.6 Å². The second kappa shape index (κ2) is 15.4. The van der Waals surface area contributed by atoms with E-state index in [1.807, 2.05) is 0 Å². The molecular weight excluding hydrogens is 529 g/mol. The molecular formula is C24H56O8Si4. The number of rotatable bonds is 16. The highest BCUT2D eigenvalue weighted by atomic mass is 28.5. The summed E-state index contributed by atoms with van der Waals surface area (Å²) >= 11 is 0. The topological polar surface area (TPSA) is 73.8 Å². The Hall–Kier alpha value is 0.548. The molecule has 0 unspecified atom stereocenters. The minimum Gasteiger partial charge on any atom is -0.413 e. The quantitative estimate of drug-likeness (QED) is 0.229. The summed E-state index contributed by atoms with van der Waals surface area (Å²) in [6, 6.07) is 0. The minimum absolute atomic E-state index is 0.416. The molecule has 1 aliphatic heterocycles. The predicted octanol–water partition coefficient (Wildman–Crippen LogP) is 5.20. The van der Waals surface area contributed by atoms with Crippen LogP contribution in [0.3, 0.4) is 0 Å². The van der Waals surface area contributed by atoms with Crippen LogP contribution in [0.5, 0.6) is 0 Å². The first-order valence-corrected chi connectivity index (χ1v) is 23.7.